The maximum absolute atomic E-state index is 13.0. The number of aldehydes is 1. The van der Waals surface area contributed by atoms with E-state index in [2.05, 4.69) is 0 Å². The molecule has 0 radical (unpaired) electrons. The van der Waals surface area contributed by atoms with Gasteiger partial charge in [0, 0.05) is 11.6 Å². The van der Waals surface area contributed by atoms with E-state index in [1.54, 1.807) is 0 Å². The maximum atomic E-state index is 13.0. The van der Waals surface area contributed by atoms with Crippen molar-refractivity contribution in [3.63, 3.8) is 0 Å². The number of nitro benzene ring substituents is 1. The van der Waals surface area contributed by atoms with Crippen molar-refractivity contribution in [2.24, 2.45) is 0 Å². The Morgan fingerprint density at radius 1 is 1.29 bits per heavy atom. The molecule has 0 saturated carbocycles. The van der Waals surface area contributed by atoms with Crippen LogP contribution in [0, 0.1) is 15.9 Å². The third-order valence-electron chi connectivity index (χ3n) is 2.69. The zero-order valence-corrected chi connectivity index (χ0v) is 11.3. The van der Waals surface area contributed by atoms with Crippen molar-refractivity contribution >= 4 is 23.6 Å². The first kappa shape index (κ1) is 14.9. The van der Waals surface area contributed by atoms with Gasteiger partial charge in [-0.3, -0.25) is 14.9 Å². The van der Waals surface area contributed by atoms with Crippen LogP contribution in [0.15, 0.2) is 36.4 Å². The topological polar surface area (TPSA) is 69.4 Å². The lowest BCUT2D eigenvalue weighted by Gasteiger charge is -2.07. The summed E-state index contributed by atoms with van der Waals surface area (Å²) in [5.41, 5.74) is 0.432. The number of carbonyl (C=O) groups excluding carboxylic acids is 1. The van der Waals surface area contributed by atoms with E-state index in [4.69, 9.17) is 16.3 Å². The molecule has 0 bridgehead atoms. The highest BCUT2D eigenvalue weighted by Crippen LogP contribution is 2.28. The molecule has 0 atom stereocenters. The van der Waals surface area contributed by atoms with E-state index in [0.717, 1.165) is 6.07 Å². The Bertz CT molecular complexity index is 705. The maximum Gasteiger partial charge on any atom is 0.311 e. The fourth-order valence-corrected chi connectivity index (χ4v) is 1.87. The van der Waals surface area contributed by atoms with Crippen LogP contribution in [0.5, 0.6) is 5.75 Å². The van der Waals surface area contributed by atoms with Crippen molar-refractivity contribution in [2.75, 3.05) is 0 Å². The summed E-state index contributed by atoms with van der Waals surface area (Å²) in [4.78, 5) is 20.9. The summed E-state index contributed by atoms with van der Waals surface area (Å²) >= 11 is 5.64. The molecular weight excluding hydrogens is 301 g/mol. The fraction of sp³-hybridized carbons (Fsp3) is 0.0714. The lowest BCUT2D eigenvalue weighted by Crippen LogP contribution is -2.00. The number of rotatable bonds is 5. The van der Waals surface area contributed by atoms with E-state index < -0.39 is 10.7 Å². The first-order valence-corrected chi connectivity index (χ1v) is 6.19. The summed E-state index contributed by atoms with van der Waals surface area (Å²) < 4.78 is 18.4. The number of nitrogens with zero attached hydrogens (tertiary/aromatic N) is 1. The smallest absolute Gasteiger partial charge is 0.311 e. The van der Waals surface area contributed by atoms with Crippen LogP contribution in [0.1, 0.15) is 15.9 Å². The lowest BCUT2D eigenvalue weighted by molar-refractivity contribution is -0.386. The van der Waals surface area contributed by atoms with E-state index in [9.17, 15) is 19.3 Å². The van der Waals surface area contributed by atoms with Crippen LogP contribution in [0.4, 0.5) is 10.1 Å². The summed E-state index contributed by atoms with van der Waals surface area (Å²) in [6, 6.07) is 7.90. The minimum Gasteiger partial charge on any atom is -0.482 e. The van der Waals surface area contributed by atoms with Crippen molar-refractivity contribution < 1.29 is 18.8 Å². The van der Waals surface area contributed by atoms with Crippen molar-refractivity contribution in [2.45, 2.75) is 6.61 Å². The standard InChI is InChI=1S/C14H9ClFNO4/c15-11-5-10(1-3-12(11)16)8-21-14-4-2-9(7-18)6-13(14)17(19)20/h1-7H,8H2. The number of halogens is 2. The highest BCUT2D eigenvalue weighted by Gasteiger charge is 2.16. The predicted octanol–water partition coefficient (Wildman–Crippen LogP) is 3.78. The monoisotopic (exact) mass is 309 g/mol. The average molecular weight is 310 g/mol. The van der Waals surface area contributed by atoms with Gasteiger partial charge in [-0.25, -0.2) is 4.39 Å². The molecule has 0 aliphatic carbocycles. The van der Waals surface area contributed by atoms with Crippen molar-refractivity contribution in [3.8, 4) is 5.75 Å². The van der Waals surface area contributed by atoms with E-state index in [1.807, 2.05) is 0 Å². The molecule has 0 aromatic heterocycles. The number of hydrogen-bond acceptors (Lipinski definition) is 4. The van der Waals surface area contributed by atoms with Crippen LogP contribution in [-0.4, -0.2) is 11.2 Å². The molecule has 0 amide bonds. The third kappa shape index (κ3) is 3.55. The highest BCUT2D eigenvalue weighted by atomic mass is 35.5. The molecule has 0 heterocycles. The first-order valence-electron chi connectivity index (χ1n) is 5.81. The Hall–Kier alpha value is -2.47. The molecule has 5 nitrogen and oxygen atoms in total. The average Bonchev–Trinajstić information content (AvgIpc) is 2.48. The molecular formula is C14H9ClFNO4. The van der Waals surface area contributed by atoms with Crippen LogP contribution < -0.4 is 4.74 Å². The Morgan fingerprint density at radius 3 is 2.67 bits per heavy atom. The number of ether oxygens (including phenoxy) is 1. The number of carbonyl (C=O) groups is 1. The molecule has 0 saturated heterocycles. The Labute approximate surface area is 124 Å². The summed E-state index contributed by atoms with van der Waals surface area (Å²) in [6.45, 7) is -0.0126. The Kier molecular flexibility index (Phi) is 4.49. The zero-order chi connectivity index (χ0) is 15.4. The molecule has 0 aliphatic heterocycles. The largest absolute Gasteiger partial charge is 0.482 e. The van der Waals surface area contributed by atoms with Gasteiger partial charge in [0.05, 0.1) is 9.95 Å². The van der Waals surface area contributed by atoms with Gasteiger partial charge in [-0.1, -0.05) is 17.7 Å². The van der Waals surface area contributed by atoms with Gasteiger partial charge in [-0.15, -0.1) is 0 Å². The Morgan fingerprint density at radius 2 is 2.05 bits per heavy atom. The van der Waals surface area contributed by atoms with Gasteiger partial charge in [-0.2, -0.15) is 0 Å². The molecule has 0 aliphatic rings. The fourth-order valence-electron chi connectivity index (χ4n) is 1.66. The predicted molar refractivity (Wildman–Crippen MR) is 74.2 cm³/mol. The second-order valence-corrected chi connectivity index (χ2v) is 4.55. The second-order valence-electron chi connectivity index (χ2n) is 4.14. The van der Waals surface area contributed by atoms with Gasteiger partial charge in [0.25, 0.3) is 0 Å². The van der Waals surface area contributed by atoms with Gasteiger partial charge < -0.3 is 4.74 Å². The van der Waals surface area contributed by atoms with Gasteiger partial charge in [-0.05, 0) is 29.8 Å². The van der Waals surface area contributed by atoms with Crippen molar-refractivity contribution in [1.82, 2.24) is 0 Å². The van der Waals surface area contributed by atoms with Gasteiger partial charge in [0.1, 0.15) is 18.7 Å². The zero-order valence-electron chi connectivity index (χ0n) is 10.6. The minimum absolute atomic E-state index is 0.0126. The van der Waals surface area contributed by atoms with Crippen LogP contribution in [0.2, 0.25) is 5.02 Å². The van der Waals surface area contributed by atoms with Gasteiger partial charge in [0.15, 0.2) is 5.75 Å². The van der Waals surface area contributed by atoms with Gasteiger partial charge >= 0.3 is 5.69 Å². The van der Waals surface area contributed by atoms with Crippen molar-refractivity contribution in [3.05, 3.63) is 68.5 Å². The lowest BCUT2D eigenvalue weighted by atomic mass is 10.2. The second kappa shape index (κ2) is 6.32. The normalized spacial score (nSPS) is 10.2. The molecule has 2 aromatic carbocycles. The molecule has 0 N–H and O–H groups in total. The van der Waals surface area contributed by atoms with Crippen LogP contribution in [0.3, 0.4) is 0 Å². The summed E-state index contributed by atoms with van der Waals surface area (Å²) in [5, 5.41) is 10.9. The van der Waals surface area contributed by atoms with Gasteiger partial charge in [0.2, 0.25) is 0 Å². The summed E-state index contributed by atoms with van der Waals surface area (Å²) in [7, 11) is 0. The molecule has 2 rings (SSSR count). The van der Waals surface area contributed by atoms with Crippen LogP contribution >= 0.6 is 11.6 Å². The van der Waals surface area contributed by atoms with E-state index in [1.165, 1.54) is 30.3 Å². The minimum atomic E-state index is -0.639. The third-order valence-corrected chi connectivity index (χ3v) is 2.98. The number of benzene rings is 2. The molecule has 21 heavy (non-hydrogen) atoms. The number of hydrogen-bond donors (Lipinski definition) is 0. The van der Waals surface area contributed by atoms with Crippen molar-refractivity contribution in [1.29, 1.82) is 0 Å². The molecule has 0 spiro atoms. The molecule has 108 valence electrons. The summed E-state index contributed by atoms with van der Waals surface area (Å²) in [6.07, 6.45) is 0.510. The SMILES string of the molecule is O=Cc1ccc(OCc2ccc(F)c(Cl)c2)c([N+](=O)[O-])c1. The Balaban J connectivity index is 2.21. The van der Waals surface area contributed by atoms with E-state index in [0.29, 0.717) is 11.8 Å². The summed E-state index contributed by atoms with van der Waals surface area (Å²) in [5.74, 6) is -0.534. The molecule has 0 unspecified atom stereocenters. The molecule has 2 aromatic rings. The van der Waals surface area contributed by atoms with Crippen LogP contribution in [0.25, 0.3) is 0 Å². The highest BCUT2D eigenvalue weighted by molar-refractivity contribution is 6.30. The van der Waals surface area contributed by atoms with E-state index >= 15 is 0 Å². The molecule has 0 fully saturated rings. The molecule has 7 heteroatoms. The number of nitro groups is 1. The van der Waals surface area contributed by atoms with Crippen LogP contribution in [-0.2, 0) is 6.61 Å². The quantitative estimate of drug-likeness (QED) is 0.479. The first-order chi connectivity index (χ1) is 10.0. The van der Waals surface area contributed by atoms with E-state index in [-0.39, 0.29) is 28.6 Å².